The highest BCUT2D eigenvalue weighted by molar-refractivity contribution is 6.15. The Hall–Kier alpha value is -3.08. The summed E-state index contributed by atoms with van der Waals surface area (Å²) in [6.07, 6.45) is 1.95. The van der Waals surface area contributed by atoms with Gasteiger partial charge in [0.05, 0.1) is 12.8 Å². The Morgan fingerprint density at radius 2 is 1.88 bits per heavy atom. The molecular weight excluding hydrogens is 302 g/mol. The van der Waals surface area contributed by atoms with Crippen molar-refractivity contribution in [3.63, 3.8) is 0 Å². The number of hydrazone groups is 1. The van der Waals surface area contributed by atoms with Crippen LogP contribution in [0.15, 0.2) is 53.3 Å². The van der Waals surface area contributed by atoms with Crippen LogP contribution in [0.4, 0.5) is 5.69 Å². The van der Waals surface area contributed by atoms with Crippen molar-refractivity contribution in [2.24, 2.45) is 5.10 Å². The molecule has 0 bridgehead atoms. The van der Waals surface area contributed by atoms with E-state index in [2.05, 4.69) is 5.10 Å². The van der Waals surface area contributed by atoms with Gasteiger partial charge in [-0.2, -0.15) is 5.10 Å². The van der Waals surface area contributed by atoms with Crippen LogP contribution in [0.3, 0.4) is 0 Å². The fraction of sp³-hybridized carbons (Fsp3) is 0.158. The Morgan fingerprint density at radius 1 is 1.17 bits per heavy atom. The summed E-state index contributed by atoms with van der Waals surface area (Å²) in [6.45, 7) is 3.36. The number of hydrogen-bond donors (Lipinski definition) is 1. The van der Waals surface area contributed by atoms with E-state index >= 15 is 0 Å². The number of anilines is 1. The summed E-state index contributed by atoms with van der Waals surface area (Å²) in [5.74, 6) is 0.593. The summed E-state index contributed by atoms with van der Waals surface area (Å²) in [4.78, 5) is 12.0. The Balaban J connectivity index is 2.26. The zero-order chi connectivity index (χ0) is 17.3. The van der Waals surface area contributed by atoms with Gasteiger partial charge in [0.15, 0.2) is 0 Å². The summed E-state index contributed by atoms with van der Waals surface area (Å²) >= 11 is 0. The monoisotopic (exact) mass is 321 g/mol. The van der Waals surface area contributed by atoms with Crippen LogP contribution in [0.5, 0.6) is 5.75 Å². The number of carbonyl (C=O) groups excluding carboxylic acids is 1. The molecule has 0 unspecified atom stereocenters. The summed E-state index contributed by atoms with van der Waals surface area (Å²) in [5.41, 5.74) is 10.7. The second-order valence-corrected chi connectivity index (χ2v) is 5.64. The lowest BCUT2D eigenvalue weighted by molar-refractivity contribution is -0.126. The van der Waals surface area contributed by atoms with Gasteiger partial charge in [0.2, 0.25) is 5.91 Å². The third-order valence-electron chi connectivity index (χ3n) is 3.90. The molecule has 5 heteroatoms. The maximum atomic E-state index is 12.0. The number of carbonyl (C=O) groups is 1. The van der Waals surface area contributed by atoms with E-state index in [0.717, 1.165) is 28.1 Å². The first kappa shape index (κ1) is 15.8. The lowest BCUT2D eigenvalue weighted by Gasteiger charge is -2.16. The molecular formula is C19H19N3O2. The van der Waals surface area contributed by atoms with Crippen LogP contribution < -0.4 is 10.5 Å². The Morgan fingerprint density at radius 3 is 2.50 bits per heavy atom. The van der Waals surface area contributed by atoms with Crippen molar-refractivity contribution in [1.82, 2.24) is 5.01 Å². The molecule has 0 aromatic heterocycles. The van der Waals surface area contributed by atoms with Crippen LogP contribution in [-0.4, -0.2) is 23.7 Å². The first-order valence-electron chi connectivity index (χ1n) is 7.61. The van der Waals surface area contributed by atoms with Gasteiger partial charge in [-0.15, -0.1) is 0 Å². The van der Waals surface area contributed by atoms with Gasteiger partial charge in [0, 0.05) is 29.4 Å². The van der Waals surface area contributed by atoms with Crippen LogP contribution in [0.25, 0.3) is 6.08 Å². The molecule has 0 saturated heterocycles. The number of fused-ring (bicyclic) bond motifs is 1. The molecule has 0 radical (unpaired) electrons. The van der Waals surface area contributed by atoms with Gasteiger partial charge in [-0.3, -0.25) is 4.79 Å². The second kappa shape index (κ2) is 6.20. The average Bonchev–Trinajstić information content (AvgIpc) is 2.71. The minimum Gasteiger partial charge on any atom is -0.497 e. The predicted molar refractivity (Wildman–Crippen MR) is 95.7 cm³/mol. The molecule has 1 aliphatic heterocycles. The molecule has 2 N–H and O–H groups in total. The third-order valence-corrected chi connectivity index (χ3v) is 3.90. The van der Waals surface area contributed by atoms with Gasteiger partial charge in [-0.1, -0.05) is 18.2 Å². The molecule has 2 aromatic carbocycles. The largest absolute Gasteiger partial charge is 0.497 e. The molecule has 0 aliphatic carbocycles. The first-order chi connectivity index (χ1) is 11.5. The summed E-state index contributed by atoms with van der Waals surface area (Å²) < 4.78 is 5.35. The number of rotatable bonds is 2. The van der Waals surface area contributed by atoms with E-state index in [1.807, 2.05) is 55.5 Å². The lowest BCUT2D eigenvalue weighted by atomic mass is 9.97. The number of nitrogens with two attached hydrogens (primary N) is 1. The van der Waals surface area contributed by atoms with Crippen molar-refractivity contribution in [2.75, 3.05) is 12.8 Å². The number of nitrogens with zero attached hydrogens (tertiary/aromatic N) is 2. The molecule has 0 fully saturated rings. The van der Waals surface area contributed by atoms with Gasteiger partial charge in [0.1, 0.15) is 5.75 Å². The van der Waals surface area contributed by atoms with Gasteiger partial charge in [-0.25, -0.2) is 5.01 Å². The standard InChI is InChI=1S/C19H19N3O2/c1-12-10-15-6-9-17(24-3)11-18(15)19(21-22(12)13(2)23)14-4-7-16(20)8-5-14/h4-11H,20H2,1-3H3. The van der Waals surface area contributed by atoms with Gasteiger partial charge in [-0.05, 0) is 42.8 Å². The molecule has 2 aromatic rings. The van der Waals surface area contributed by atoms with Crippen LogP contribution >= 0.6 is 0 Å². The van der Waals surface area contributed by atoms with Crippen molar-refractivity contribution < 1.29 is 9.53 Å². The maximum absolute atomic E-state index is 12.0. The van der Waals surface area contributed by atoms with Crippen LogP contribution in [0.2, 0.25) is 0 Å². The number of hydrogen-bond acceptors (Lipinski definition) is 4. The number of amides is 1. The van der Waals surface area contributed by atoms with Gasteiger partial charge in [0.25, 0.3) is 0 Å². The minimum atomic E-state index is -0.142. The van der Waals surface area contributed by atoms with E-state index in [1.165, 1.54) is 11.9 Å². The molecule has 1 aliphatic rings. The van der Waals surface area contributed by atoms with E-state index in [-0.39, 0.29) is 5.91 Å². The molecule has 0 saturated carbocycles. The van der Waals surface area contributed by atoms with Crippen molar-refractivity contribution in [3.05, 3.63) is 64.9 Å². The molecule has 0 spiro atoms. The van der Waals surface area contributed by atoms with Crippen molar-refractivity contribution >= 4 is 23.4 Å². The topological polar surface area (TPSA) is 67.9 Å². The Kier molecular flexibility index (Phi) is 4.08. The fourth-order valence-corrected chi connectivity index (χ4v) is 2.69. The van der Waals surface area contributed by atoms with Crippen molar-refractivity contribution in [3.8, 4) is 5.75 Å². The highest BCUT2D eigenvalue weighted by atomic mass is 16.5. The van der Waals surface area contributed by atoms with E-state index < -0.39 is 0 Å². The lowest BCUT2D eigenvalue weighted by Crippen LogP contribution is -2.22. The SMILES string of the molecule is COc1ccc2c(c1)C(c1ccc(N)cc1)=NN(C(C)=O)C(C)=C2. The van der Waals surface area contributed by atoms with E-state index in [4.69, 9.17) is 10.5 Å². The molecule has 1 heterocycles. The highest BCUT2D eigenvalue weighted by Gasteiger charge is 2.20. The molecule has 3 rings (SSSR count). The maximum Gasteiger partial charge on any atom is 0.243 e. The number of nitrogen functional groups attached to an aromatic ring is 1. The smallest absolute Gasteiger partial charge is 0.243 e. The zero-order valence-electron chi connectivity index (χ0n) is 13.9. The van der Waals surface area contributed by atoms with Gasteiger partial charge >= 0.3 is 0 Å². The number of ether oxygens (including phenoxy) is 1. The summed E-state index contributed by atoms with van der Waals surface area (Å²) in [7, 11) is 1.63. The zero-order valence-corrected chi connectivity index (χ0v) is 13.9. The van der Waals surface area contributed by atoms with E-state index in [0.29, 0.717) is 11.4 Å². The predicted octanol–water partition coefficient (Wildman–Crippen LogP) is 3.25. The van der Waals surface area contributed by atoms with Crippen molar-refractivity contribution in [2.45, 2.75) is 13.8 Å². The Bertz CT molecular complexity index is 851. The Labute approximate surface area is 141 Å². The minimum absolute atomic E-state index is 0.142. The van der Waals surface area contributed by atoms with E-state index in [9.17, 15) is 4.79 Å². The van der Waals surface area contributed by atoms with Gasteiger partial charge < -0.3 is 10.5 Å². The van der Waals surface area contributed by atoms with Crippen LogP contribution in [-0.2, 0) is 4.79 Å². The molecule has 5 nitrogen and oxygen atoms in total. The quantitative estimate of drug-likeness (QED) is 0.863. The molecule has 1 amide bonds. The summed E-state index contributed by atoms with van der Waals surface area (Å²) in [5, 5.41) is 6.02. The number of allylic oxidation sites excluding steroid dienone is 1. The number of methoxy groups -OCH3 is 1. The molecule has 24 heavy (non-hydrogen) atoms. The molecule has 122 valence electrons. The van der Waals surface area contributed by atoms with Crippen LogP contribution in [0.1, 0.15) is 30.5 Å². The highest BCUT2D eigenvalue weighted by Crippen LogP contribution is 2.28. The first-order valence-corrected chi connectivity index (χ1v) is 7.61. The third kappa shape index (κ3) is 2.88. The average molecular weight is 321 g/mol. The van der Waals surface area contributed by atoms with Crippen LogP contribution in [0, 0.1) is 0 Å². The summed E-state index contributed by atoms with van der Waals surface area (Å²) in [6, 6.07) is 13.2. The number of benzene rings is 2. The normalized spacial score (nSPS) is 13.5. The molecule has 0 atom stereocenters. The van der Waals surface area contributed by atoms with Crippen molar-refractivity contribution in [1.29, 1.82) is 0 Å². The van der Waals surface area contributed by atoms with E-state index in [1.54, 1.807) is 7.11 Å². The second-order valence-electron chi connectivity index (χ2n) is 5.64. The fourth-order valence-electron chi connectivity index (χ4n) is 2.69.